The molecule has 0 spiro atoms. The minimum absolute atomic E-state index is 0.309. The zero-order valence-corrected chi connectivity index (χ0v) is 10.7. The highest BCUT2D eigenvalue weighted by Crippen LogP contribution is 2.29. The zero-order chi connectivity index (χ0) is 12.1. The van der Waals surface area contributed by atoms with E-state index in [0.717, 1.165) is 13.0 Å². The predicted molar refractivity (Wildman–Crippen MR) is 69.3 cm³/mol. The summed E-state index contributed by atoms with van der Waals surface area (Å²) >= 11 is 0. The highest BCUT2D eigenvalue weighted by molar-refractivity contribution is 5.46. The maximum Gasteiger partial charge on any atom is 0.128 e. The van der Waals surface area contributed by atoms with Crippen LogP contribution in [0.2, 0.25) is 0 Å². The molecule has 0 aromatic carbocycles. The lowest BCUT2D eigenvalue weighted by molar-refractivity contribution is 0.383. The molecule has 0 aliphatic rings. The largest absolute Gasteiger partial charge is 0.383 e. The van der Waals surface area contributed by atoms with E-state index in [1.807, 2.05) is 6.07 Å². The summed E-state index contributed by atoms with van der Waals surface area (Å²) in [7, 11) is 0. The van der Waals surface area contributed by atoms with Gasteiger partial charge < -0.3 is 11.1 Å². The maximum atomic E-state index is 5.99. The first-order chi connectivity index (χ1) is 7.61. The Morgan fingerprint density at radius 1 is 1.44 bits per heavy atom. The Morgan fingerprint density at radius 2 is 2.12 bits per heavy atom. The summed E-state index contributed by atoms with van der Waals surface area (Å²) in [6, 6.07) is 2.34. The normalized spacial score (nSPS) is 14.8. The van der Waals surface area contributed by atoms with Gasteiger partial charge in [-0.3, -0.25) is 0 Å². The molecule has 1 heterocycles. The molecule has 0 saturated carbocycles. The monoisotopic (exact) mass is 221 g/mol. The lowest BCUT2D eigenvalue weighted by atomic mass is 9.90. The summed E-state index contributed by atoms with van der Waals surface area (Å²) in [4.78, 5) is 4.20. The van der Waals surface area contributed by atoms with Gasteiger partial charge in [0.2, 0.25) is 0 Å². The van der Waals surface area contributed by atoms with Crippen molar-refractivity contribution in [2.24, 2.45) is 5.92 Å². The van der Waals surface area contributed by atoms with Crippen LogP contribution >= 0.6 is 0 Å². The Morgan fingerprint density at radius 3 is 2.62 bits per heavy atom. The minimum Gasteiger partial charge on any atom is -0.383 e. The third-order valence-corrected chi connectivity index (χ3v) is 3.19. The van der Waals surface area contributed by atoms with Gasteiger partial charge in [-0.15, -0.1) is 0 Å². The fourth-order valence-corrected chi connectivity index (χ4v) is 2.04. The van der Waals surface area contributed by atoms with E-state index >= 15 is 0 Å². The quantitative estimate of drug-likeness (QED) is 0.803. The summed E-state index contributed by atoms with van der Waals surface area (Å²) in [6.07, 6.45) is 2.90. The van der Waals surface area contributed by atoms with Crippen LogP contribution in [0.3, 0.4) is 0 Å². The average molecular weight is 221 g/mol. The number of hydrogen-bond donors (Lipinski definition) is 2. The molecule has 0 bridgehead atoms. The van der Waals surface area contributed by atoms with Crippen LogP contribution in [-0.2, 0) is 0 Å². The second-order valence-electron chi connectivity index (χ2n) is 4.35. The number of rotatable bonds is 5. The zero-order valence-electron chi connectivity index (χ0n) is 10.7. The van der Waals surface area contributed by atoms with Crippen LogP contribution in [0.4, 0.5) is 5.82 Å². The molecule has 3 nitrogen and oxygen atoms in total. The van der Waals surface area contributed by atoms with E-state index in [0.29, 0.717) is 17.8 Å². The van der Waals surface area contributed by atoms with Gasteiger partial charge in [-0.2, -0.15) is 0 Å². The predicted octanol–water partition coefficient (Wildman–Crippen LogP) is 2.67. The van der Waals surface area contributed by atoms with Gasteiger partial charge in [0.15, 0.2) is 0 Å². The highest BCUT2D eigenvalue weighted by Gasteiger charge is 2.21. The molecular weight excluding hydrogens is 198 g/mol. The van der Waals surface area contributed by atoms with Crippen LogP contribution in [0.1, 0.15) is 44.4 Å². The topological polar surface area (TPSA) is 50.9 Å². The van der Waals surface area contributed by atoms with Crippen molar-refractivity contribution in [1.82, 2.24) is 10.3 Å². The van der Waals surface area contributed by atoms with Crippen molar-refractivity contribution in [3.05, 3.63) is 23.4 Å². The molecule has 16 heavy (non-hydrogen) atoms. The average Bonchev–Trinajstić information content (AvgIpc) is 2.26. The summed E-state index contributed by atoms with van der Waals surface area (Å²) < 4.78 is 0. The van der Waals surface area contributed by atoms with Gasteiger partial charge in [0.1, 0.15) is 5.82 Å². The molecule has 1 aromatic rings. The summed E-state index contributed by atoms with van der Waals surface area (Å²) in [5, 5.41) is 3.51. The Balaban J connectivity index is 3.09. The van der Waals surface area contributed by atoms with Crippen molar-refractivity contribution in [2.75, 3.05) is 12.3 Å². The van der Waals surface area contributed by atoms with E-state index in [2.05, 4.69) is 38.0 Å². The fraction of sp³-hybridized carbons (Fsp3) is 0.615. The molecule has 0 amide bonds. The Kier molecular flexibility index (Phi) is 4.74. The number of aryl methyl sites for hydroxylation is 1. The number of nitrogens with one attached hydrogen (secondary N) is 1. The molecular formula is C13H23N3. The first-order valence-corrected chi connectivity index (χ1v) is 6.06. The van der Waals surface area contributed by atoms with Gasteiger partial charge >= 0.3 is 0 Å². The molecule has 90 valence electrons. The van der Waals surface area contributed by atoms with Crippen LogP contribution in [0, 0.1) is 12.8 Å². The van der Waals surface area contributed by atoms with Crippen LogP contribution < -0.4 is 11.1 Å². The standard InChI is InChI=1S/C13H23N3/c1-5-9(3)12(15-6-2)11-10(4)7-8-16-13(11)14/h7-9,12,15H,5-6H2,1-4H3,(H2,14,16). The van der Waals surface area contributed by atoms with Crippen LogP contribution in [0.25, 0.3) is 0 Å². The van der Waals surface area contributed by atoms with Crippen molar-refractivity contribution in [3.8, 4) is 0 Å². The summed E-state index contributed by atoms with van der Waals surface area (Å²) in [6.45, 7) is 9.62. The molecule has 1 aromatic heterocycles. The van der Waals surface area contributed by atoms with Crippen molar-refractivity contribution in [2.45, 2.75) is 40.2 Å². The van der Waals surface area contributed by atoms with E-state index in [1.54, 1.807) is 6.20 Å². The number of nitrogens with two attached hydrogens (primary N) is 1. The summed E-state index contributed by atoms with van der Waals surface area (Å²) in [5.74, 6) is 1.22. The smallest absolute Gasteiger partial charge is 0.128 e. The van der Waals surface area contributed by atoms with Gasteiger partial charge in [0.25, 0.3) is 0 Å². The fourth-order valence-electron chi connectivity index (χ4n) is 2.04. The lowest BCUT2D eigenvalue weighted by Gasteiger charge is -2.26. The Labute approximate surface area is 98.5 Å². The van der Waals surface area contributed by atoms with E-state index in [1.165, 1.54) is 11.1 Å². The van der Waals surface area contributed by atoms with E-state index in [-0.39, 0.29) is 0 Å². The van der Waals surface area contributed by atoms with Crippen molar-refractivity contribution < 1.29 is 0 Å². The van der Waals surface area contributed by atoms with Crippen molar-refractivity contribution >= 4 is 5.82 Å². The van der Waals surface area contributed by atoms with Crippen molar-refractivity contribution in [1.29, 1.82) is 0 Å². The van der Waals surface area contributed by atoms with Gasteiger partial charge in [-0.1, -0.05) is 27.2 Å². The number of nitrogen functional groups attached to an aromatic ring is 1. The van der Waals surface area contributed by atoms with E-state index < -0.39 is 0 Å². The molecule has 2 atom stereocenters. The molecule has 0 aliphatic carbocycles. The third kappa shape index (κ3) is 2.73. The van der Waals surface area contributed by atoms with Crippen LogP contribution in [-0.4, -0.2) is 11.5 Å². The highest BCUT2D eigenvalue weighted by atomic mass is 14.9. The maximum absolute atomic E-state index is 5.99. The molecule has 0 radical (unpaired) electrons. The second kappa shape index (κ2) is 5.85. The van der Waals surface area contributed by atoms with Gasteiger partial charge in [-0.25, -0.2) is 4.98 Å². The van der Waals surface area contributed by atoms with Crippen molar-refractivity contribution in [3.63, 3.8) is 0 Å². The molecule has 3 N–H and O–H groups in total. The second-order valence-corrected chi connectivity index (χ2v) is 4.35. The molecule has 0 saturated heterocycles. The van der Waals surface area contributed by atoms with Gasteiger partial charge in [0.05, 0.1) is 0 Å². The third-order valence-electron chi connectivity index (χ3n) is 3.19. The number of hydrogen-bond acceptors (Lipinski definition) is 3. The molecule has 1 rings (SSSR count). The minimum atomic E-state index is 0.309. The molecule has 0 aliphatic heterocycles. The van der Waals surface area contributed by atoms with Gasteiger partial charge in [0, 0.05) is 17.8 Å². The molecule has 2 unspecified atom stereocenters. The Hall–Kier alpha value is -1.09. The summed E-state index contributed by atoms with van der Waals surface area (Å²) in [5.41, 5.74) is 8.38. The number of nitrogens with zero attached hydrogens (tertiary/aromatic N) is 1. The first kappa shape index (κ1) is 13.0. The number of anilines is 1. The lowest BCUT2D eigenvalue weighted by Crippen LogP contribution is -2.28. The SMILES string of the molecule is CCNC(c1c(C)ccnc1N)C(C)CC. The van der Waals surface area contributed by atoms with Crippen LogP contribution in [0.15, 0.2) is 12.3 Å². The Bertz CT molecular complexity index is 316. The molecule has 3 heteroatoms. The van der Waals surface area contributed by atoms with Gasteiger partial charge in [-0.05, 0) is 31.0 Å². The van der Waals surface area contributed by atoms with E-state index in [4.69, 9.17) is 5.73 Å². The number of pyridine rings is 1. The number of aromatic nitrogens is 1. The van der Waals surface area contributed by atoms with E-state index in [9.17, 15) is 0 Å². The van der Waals surface area contributed by atoms with Crippen LogP contribution in [0.5, 0.6) is 0 Å². The first-order valence-electron chi connectivity index (χ1n) is 6.06. The molecule has 0 fully saturated rings.